The van der Waals surface area contributed by atoms with Gasteiger partial charge in [-0.05, 0) is 31.0 Å². The van der Waals surface area contributed by atoms with E-state index >= 15 is 0 Å². The van der Waals surface area contributed by atoms with E-state index in [0.717, 1.165) is 11.3 Å². The van der Waals surface area contributed by atoms with Crippen LogP contribution in [-0.2, 0) is 9.47 Å². The summed E-state index contributed by atoms with van der Waals surface area (Å²) in [5, 5.41) is 3.29. The first-order valence-corrected chi connectivity index (χ1v) is 9.35. The molecule has 1 N–H and O–H groups in total. The van der Waals surface area contributed by atoms with Gasteiger partial charge in [0.15, 0.2) is 11.5 Å². The maximum atomic E-state index is 5.87. The van der Waals surface area contributed by atoms with Gasteiger partial charge in [-0.3, -0.25) is 9.98 Å². The fraction of sp³-hybridized carbons (Fsp3) is 0.304. The number of aliphatic imine (C=N–C) groups is 2. The van der Waals surface area contributed by atoms with Crippen molar-refractivity contribution in [1.29, 1.82) is 0 Å². The molecular weight excluding hydrogens is 382 g/mol. The van der Waals surface area contributed by atoms with Crippen molar-refractivity contribution in [1.82, 2.24) is 0 Å². The molecule has 0 aromatic heterocycles. The SMILES string of the molecule is C#Cc1cccc(NC(=NC)c2cc(OCCOC)c(OCCOC)cc2N=C)c1. The summed E-state index contributed by atoms with van der Waals surface area (Å²) in [5.74, 6) is 4.30. The van der Waals surface area contributed by atoms with E-state index in [0.29, 0.717) is 55.0 Å². The van der Waals surface area contributed by atoms with Crippen molar-refractivity contribution in [3.05, 3.63) is 47.5 Å². The highest BCUT2D eigenvalue weighted by Gasteiger charge is 2.16. The van der Waals surface area contributed by atoms with Crippen LogP contribution in [0.15, 0.2) is 46.4 Å². The lowest BCUT2D eigenvalue weighted by molar-refractivity contribution is 0.132. The first kappa shape index (κ1) is 22.9. The van der Waals surface area contributed by atoms with Gasteiger partial charge < -0.3 is 24.3 Å². The molecule has 30 heavy (non-hydrogen) atoms. The summed E-state index contributed by atoms with van der Waals surface area (Å²) < 4.78 is 21.8. The molecule has 2 rings (SSSR count). The van der Waals surface area contributed by atoms with E-state index < -0.39 is 0 Å². The van der Waals surface area contributed by atoms with Crippen molar-refractivity contribution in [2.75, 3.05) is 53.0 Å². The van der Waals surface area contributed by atoms with Gasteiger partial charge in [0.05, 0.1) is 18.9 Å². The van der Waals surface area contributed by atoms with Gasteiger partial charge in [0.25, 0.3) is 0 Å². The zero-order chi connectivity index (χ0) is 21.8. The topological polar surface area (TPSA) is 73.7 Å². The number of methoxy groups -OCH3 is 2. The van der Waals surface area contributed by atoms with Crippen LogP contribution in [0.3, 0.4) is 0 Å². The Hall–Kier alpha value is -3.34. The van der Waals surface area contributed by atoms with Crippen LogP contribution in [0.1, 0.15) is 11.1 Å². The van der Waals surface area contributed by atoms with Gasteiger partial charge in [-0.2, -0.15) is 0 Å². The highest BCUT2D eigenvalue weighted by molar-refractivity contribution is 6.11. The maximum absolute atomic E-state index is 5.87. The second-order valence-electron chi connectivity index (χ2n) is 6.08. The lowest BCUT2D eigenvalue weighted by Gasteiger charge is -2.17. The molecule has 0 bridgehead atoms. The number of rotatable bonds is 11. The molecular formula is C23H27N3O4. The molecule has 0 radical (unpaired) electrons. The Balaban J connectivity index is 2.40. The van der Waals surface area contributed by atoms with E-state index in [1.54, 1.807) is 27.3 Å². The van der Waals surface area contributed by atoms with Crippen LogP contribution < -0.4 is 14.8 Å². The third-order valence-electron chi connectivity index (χ3n) is 4.09. The van der Waals surface area contributed by atoms with Gasteiger partial charge in [0.2, 0.25) is 0 Å². The van der Waals surface area contributed by atoms with Crippen LogP contribution in [0.2, 0.25) is 0 Å². The molecule has 0 unspecified atom stereocenters. The van der Waals surface area contributed by atoms with Gasteiger partial charge in [-0.25, -0.2) is 0 Å². The molecule has 0 aliphatic rings. The normalized spacial score (nSPS) is 10.9. The van der Waals surface area contributed by atoms with Crippen LogP contribution in [-0.4, -0.2) is 60.2 Å². The van der Waals surface area contributed by atoms with Crippen molar-refractivity contribution < 1.29 is 18.9 Å². The largest absolute Gasteiger partial charge is 0.487 e. The lowest BCUT2D eigenvalue weighted by Crippen LogP contribution is -2.15. The summed E-state index contributed by atoms with van der Waals surface area (Å²) in [6, 6.07) is 11.1. The van der Waals surface area contributed by atoms with E-state index in [2.05, 4.69) is 27.9 Å². The van der Waals surface area contributed by atoms with Crippen LogP contribution in [0.4, 0.5) is 11.4 Å². The molecule has 0 aliphatic heterocycles. The first-order valence-electron chi connectivity index (χ1n) is 9.35. The Bertz CT molecular complexity index is 919. The fourth-order valence-electron chi connectivity index (χ4n) is 2.63. The lowest BCUT2D eigenvalue weighted by atomic mass is 10.1. The molecule has 158 valence electrons. The second kappa shape index (κ2) is 12.3. The van der Waals surface area contributed by atoms with Crippen LogP contribution in [0.5, 0.6) is 11.5 Å². The fourth-order valence-corrected chi connectivity index (χ4v) is 2.63. The number of benzene rings is 2. The third kappa shape index (κ3) is 6.34. The molecule has 0 saturated carbocycles. The number of nitrogens with zero attached hydrogens (tertiary/aromatic N) is 2. The highest BCUT2D eigenvalue weighted by atomic mass is 16.5. The van der Waals surface area contributed by atoms with Gasteiger partial charge in [0, 0.05) is 44.1 Å². The molecule has 0 aliphatic carbocycles. The zero-order valence-electron chi connectivity index (χ0n) is 17.6. The molecule has 2 aromatic rings. The van der Waals surface area contributed by atoms with E-state index in [1.165, 1.54) is 0 Å². The van der Waals surface area contributed by atoms with Gasteiger partial charge in [0.1, 0.15) is 19.0 Å². The number of terminal acetylenes is 1. The Morgan fingerprint density at radius 2 is 1.70 bits per heavy atom. The number of hydrogen-bond donors (Lipinski definition) is 1. The molecule has 0 atom stereocenters. The van der Waals surface area contributed by atoms with E-state index in [4.69, 9.17) is 25.4 Å². The summed E-state index contributed by atoms with van der Waals surface area (Å²) in [7, 11) is 4.92. The molecule has 2 aromatic carbocycles. The van der Waals surface area contributed by atoms with Crippen molar-refractivity contribution >= 4 is 23.9 Å². The monoisotopic (exact) mass is 409 g/mol. The van der Waals surface area contributed by atoms with Crippen molar-refractivity contribution in [2.24, 2.45) is 9.98 Å². The summed E-state index contributed by atoms with van der Waals surface area (Å²) >= 11 is 0. The van der Waals surface area contributed by atoms with Gasteiger partial charge >= 0.3 is 0 Å². The average Bonchev–Trinajstić information content (AvgIpc) is 2.78. The second-order valence-corrected chi connectivity index (χ2v) is 6.08. The summed E-state index contributed by atoms with van der Waals surface area (Å²) in [6.45, 7) is 5.32. The standard InChI is InChI=1S/C23H27N3O4/c1-6-17-8-7-9-18(14-17)26-23(25-3)19-15-21(29-12-10-27-4)22(16-20(19)24-2)30-13-11-28-5/h1,7-9,14-16H,2,10-13H2,3-5H3,(H,25,26). The van der Waals surface area contributed by atoms with Crippen LogP contribution in [0, 0.1) is 12.3 Å². The summed E-state index contributed by atoms with van der Waals surface area (Å²) in [4.78, 5) is 8.53. The van der Waals surface area contributed by atoms with Crippen molar-refractivity contribution in [3.63, 3.8) is 0 Å². The smallest absolute Gasteiger partial charge is 0.163 e. The molecule has 0 amide bonds. The van der Waals surface area contributed by atoms with Crippen molar-refractivity contribution in [3.8, 4) is 23.8 Å². The minimum atomic E-state index is 0.369. The Labute approximate surface area is 177 Å². The number of ether oxygens (including phenoxy) is 4. The van der Waals surface area contributed by atoms with Crippen molar-refractivity contribution in [2.45, 2.75) is 0 Å². The quantitative estimate of drug-likeness (QED) is 0.266. The summed E-state index contributed by atoms with van der Waals surface area (Å²) in [6.07, 6.45) is 5.50. The summed E-state index contributed by atoms with van der Waals surface area (Å²) in [5.41, 5.74) is 2.89. The number of nitrogens with one attached hydrogen (secondary N) is 1. The minimum Gasteiger partial charge on any atom is -0.487 e. The molecule has 7 nitrogen and oxygen atoms in total. The molecule has 0 fully saturated rings. The van der Waals surface area contributed by atoms with Gasteiger partial charge in [-0.1, -0.05) is 12.0 Å². The number of hydrogen-bond acceptors (Lipinski definition) is 6. The maximum Gasteiger partial charge on any atom is 0.163 e. The Kier molecular flexibility index (Phi) is 9.38. The van der Waals surface area contributed by atoms with Crippen LogP contribution >= 0.6 is 0 Å². The zero-order valence-corrected chi connectivity index (χ0v) is 17.6. The predicted molar refractivity (Wildman–Crippen MR) is 121 cm³/mol. The molecule has 0 spiro atoms. The van der Waals surface area contributed by atoms with E-state index in [1.807, 2.05) is 30.3 Å². The minimum absolute atomic E-state index is 0.369. The Morgan fingerprint density at radius 1 is 1.03 bits per heavy atom. The Morgan fingerprint density at radius 3 is 2.27 bits per heavy atom. The molecule has 0 heterocycles. The van der Waals surface area contributed by atoms with E-state index in [-0.39, 0.29) is 0 Å². The first-order chi connectivity index (χ1) is 14.7. The highest BCUT2D eigenvalue weighted by Crippen LogP contribution is 2.36. The average molecular weight is 409 g/mol. The number of amidine groups is 1. The van der Waals surface area contributed by atoms with E-state index in [9.17, 15) is 0 Å². The predicted octanol–water partition coefficient (Wildman–Crippen LogP) is 3.54. The van der Waals surface area contributed by atoms with Crippen LogP contribution in [0.25, 0.3) is 0 Å². The number of anilines is 1. The molecule has 0 saturated heterocycles. The molecule has 7 heteroatoms. The third-order valence-corrected chi connectivity index (χ3v) is 4.09. The van der Waals surface area contributed by atoms with Gasteiger partial charge in [-0.15, -0.1) is 6.42 Å².